The van der Waals surface area contributed by atoms with E-state index in [0.29, 0.717) is 13.1 Å². The van der Waals surface area contributed by atoms with Crippen molar-refractivity contribution >= 4 is 11.9 Å². The second-order valence-corrected chi connectivity index (χ2v) is 4.22. The summed E-state index contributed by atoms with van der Waals surface area (Å²) in [6, 6.07) is 8.02. The number of ether oxygens (including phenoxy) is 1. The molecule has 5 heteroatoms. The fourth-order valence-corrected chi connectivity index (χ4v) is 2.03. The molecule has 1 aromatic rings. The lowest BCUT2D eigenvalue weighted by Crippen LogP contribution is -2.38. The molecule has 0 spiro atoms. The molecule has 18 heavy (non-hydrogen) atoms. The van der Waals surface area contributed by atoms with Gasteiger partial charge in [0.15, 0.2) is 0 Å². The molecule has 1 amide bonds. The Hall–Kier alpha value is -1.88. The van der Waals surface area contributed by atoms with Gasteiger partial charge >= 0.3 is 5.97 Å². The van der Waals surface area contributed by atoms with Crippen molar-refractivity contribution in [2.24, 2.45) is 0 Å². The summed E-state index contributed by atoms with van der Waals surface area (Å²) in [6.07, 6.45) is 0.834. The summed E-state index contributed by atoms with van der Waals surface area (Å²) in [5.41, 5.74) is 2.42. The van der Waals surface area contributed by atoms with E-state index in [4.69, 9.17) is 9.84 Å². The van der Waals surface area contributed by atoms with Gasteiger partial charge in [0.1, 0.15) is 13.2 Å². The Morgan fingerprint density at radius 3 is 2.67 bits per heavy atom. The van der Waals surface area contributed by atoms with Crippen LogP contribution in [0.1, 0.15) is 11.1 Å². The molecule has 0 atom stereocenters. The number of carboxylic acid groups (broad SMARTS) is 1. The lowest BCUT2D eigenvalue weighted by atomic mass is 10.00. The summed E-state index contributed by atoms with van der Waals surface area (Å²) in [7, 11) is 0. The Kier molecular flexibility index (Phi) is 3.94. The second kappa shape index (κ2) is 5.64. The number of carbonyl (C=O) groups is 2. The molecule has 96 valence electrons. The van der Waals surface area contributed by atoms with Crippen molar-refractivity contribution in [2.45, 2.75) is 13.0 Å². The van der Waals surface area contributed by atoms with E-state index in [0.717, 1.165) is 12.0 Å². The highest BCUT2D eigenvalue weighted by Crippen LogP contribution is 2.18. The molecule has 1 aromatic carbocycles. The molecule has 0 aliphatic carbocycles. The zero-order valence-corrected chi connectivity index (χ0v) is 9.96. The first-order valence-corrected chi connectivity index (χ1v) is 5.81. The third kappa shape index (κ3) is 3.07. The van der Waals surface area contributed by atoms with E-state index in [1.807, 2.05) is 18.2 Å². The highest BCUT2D eigenvalue weighted by Gasteiger charge is 2.20. The number of hydrogen-bond acceptors (Lipinski definition) is 3. The van der Waals surface area contributed by atoms with Crippen molar-refractivity contribution in [1.29, 1.82) is 0 Å². The van der Waals surface area contributed by atoms with Crippen LogP contribution in [-0.2, 0) is 27.3 Å². The van der Waals surface area contributed by atoms with Crippen molar-refractivity contribution in [3.63, 3.8) is 0 Å². The molecular weight excluding hydrogens is 234 g/mol. The molecule has 5 nitrogen and oxygen atoms in total. The fraction of sp³-hybridized carbons (Fsp3) is 0.385. The van der Waals surface area contributed by atoms with Crippen LogP contribution in [0.5, 0.6) is 0 Å². The van der Waals surface area contributed by atoms with Crippen molar-refractivity contribution in [3.05, 3.63) is 35.4 Å². The largest absolute Gasteiger partial charge is 0.480 e. The Morgan fingerprint density at radius 1 is 1.22 bits per heavy atom. The normalized spacial score (nSPS) is 14.1. The Balaban J connectivity index is 1.88. The molecule has 0 fully saturated rings. The number of rotatable bonds is 4. The van der Waals surface area contributed by atoms with Gasteiger partial charge in [-0.25, -0.2) is 4.79 Å². The summed E-state index contributed by atoms with van der Waals surface area (Å²) in [6.45, 7) is 0.627. The molecule has 0 aromatic heterocycles. The van der Waals surface area contributed by atoms with Crippen LogP contribution >= 0.6 is 0 Å². The lowest BCUT2D eigenvalue weighted by molar-refractivity contribution is -0.146. The zero-order valence-electron chi connectivity index (χ0n) is 9.96. The number of carbonyl (C=O) groups excluding carboxylic acids is 1. The number of aliphatic carboxylic acids is 1. The standard InChI is InChI=1S/C13H15NO4/c15-12(8-18-9-13(16)17)14-6-5-10-3-1-2-4-11(10)7-14/h1-4H,5-9H2,(H,16,17). The average Bonchev–Trinajstić information content (AvgIpc) is 2.37. The summed E-state index contributed by atoms with van der Waals surface area (Å²) in [5.74, 6) is -1.22. The van der Waals surface area contributed by atoms with Gasteiger partial charge in [-0.2, -0.15) is 0 Å². The van der Waals surface area contributed by atoms with Crippen molar-refractivity contribution < 1.29 is 19.4 Å². The van der Waals surface area contributed by atoms with Gasteiger partial charge in [0, 0.05) is 13.1 Å². The average molecular weight is 249 g/mol. The third-order valence-electron chi connectivity index (χ3n) is 2.93. The predicted molar refractivity (Wildman–Crippen MR) is 64.0 cm³/mol. The predicted octanol–water partition coefficient (Wildman–Crippen LogP) is 0.672. The van der Waals surface area contributed by atoms with Crippen LogP contribution in [0.4, 0.5) is 0 Å². The van der Waals surface area contributed by atoms with Crippen molar-refractivity contribution in [2.75, 3.05) is 19.8 Å². The first-order valence-electron chi connectivity index (χ1n) is 5.81. The number of hydrogen-bond donors (Lipinski definition) is 1. The maximum absolute atomic E-state index is 11.8. The minimum atomic E-state index is -1.06. The van der Waals surface area contributed by atoms with Crippen LogP contribution in [-0.4, -0.2) is 41.6 Å². The first-order chi connectivity index (χ1) is 8.66. The van der Waals surface area contributed by atoms with E-state index in [-0.39, 0.29) is 12.5 Å². The van der Waals surface area contributed by atoms with Gasteiger partial charge in [0.2, 0.25) is 5.91 Å². The van der Waals surface area contributed by atoms with E-state index in [2.05, 4.69) is 6.07 Å². The lowest BCUT2D eigenvalue weighted by Gasteiger charge is -2.28. The smallest absolute Gasteiger partial charge is 0.329 e. The topological polar surface area (TPSA) is 66.8 Å². The summed E-state index contributed by atoms with van der Waals surface area (Å²) < 4.78 is 4.81. The van der Waals surface area contributed by atoms with Gasteiger partial charge < -0.3 is 14.7 Å². The van der Waals surface area contributed by atoms with Crippen LogP contribution in [0.15, 0.2) is 24.3 Å². The monoisotopic (exact) mass is 249 g/mol. The third-order valence-corrected chi connectivity index (χ3v) is 2.93. The minimum absolute atomic E-state index is 0.161. The maximum atomic E-state index is 11.8. The number of fused-ring (bicyclic) bond motifs is 1. The molecule has 1 aliphatic rings. The van der Waals surface area contributed by atoms with E-state index < -0.39 is 12.6 Å². The van der Waals surface area contributed by atoms with Gasteiger partial charge in [-0.15, -0.1) is 0 Å². The maximum Gasteiger partial charge on any atom is 0.329 e. The molecule has 2 rings (SSSR count). The molecule has 1 N–H and O–H groups in total. The second-order valence-electron chi connectivity index (χ2n) is 4.22. The molecule has 0 bridgehead atoms. The van der Waals surface area contributed by atoms with Crippen LogP contribution in [0.2, 0.25) is 0 Å². The molecule has 0 unspecified atom stereocenters. The highest BCUT2D eigenvalue weighted by atomic mass is 16.5. The first kappa shape index (κ1) is 12.6. The minimum Gasteiger partial charge on any atom is -0.480 e. The summed E-state index contributed by atoms with van der Waals surface area (Å²) >= 11 is 0. The van der Waals surface area contributed by atoms with Gasteiger partial charge in [0.25, 0.3) is 0 Å². The SMILES string of the molecule is O=C(O)COCC(=O)N1CCc2ccccc2C1. The van der Waals surface area contributed by atoms with E-state index >= 15 is 0 Å². The molecule has 1 aliphatic heterocycles. The Morgan fingerprint density at radius 2 is 1.94 bits per heavy atom. The number of nitrogens with zero attached hydrogens (tertiary/aromatic N) is 1. The number of benzene rings is 1. The number of amides is 1. The molecular formula is C13H15NO4. The van der Waals surface area contributed by atoms with Crippen LogP contribution < -0.4 is 0 Å². The Labute approximate surface area is 105 Å². The van der Waals surface area contributed by atoms with Gasteiger partial charge in [0.05, 0.1) is 0 Å². The van der Waals surface area contributed by atoms with Crippen LogP contribution in [0.25, 0.3) is 0 Å². The quantitative estimate of drug-likeness (QED) is 0.851. The van der Waals surface area contributed by atoms with E-state index in [1.165, 1.54) is 5.56 Å². The molecule has 0 saturated heterocycles. The zero-order chi connectivity index (χ0) is 13.0. The summed E-state index contributed by atoms with van der Waals surface area (Å²) in [5, 5.41) is 8.42. The van der Waals surface area contributed by atoms with Crippen LogP contribution in [0.3, 0.4) is 0 Å². The summed E-state index contributed by atoms with van der Waals surface area (Å²) in [4.78, 5) is 23.8. The van der Waals surface area contributed by atoms with Gasteiger partial charge in [-0.05, 0) is 17.5 Å². The molecule has 0 radical (unpaired) electrons. The molecule has 1 heterocycles. The van der Waals surface area contributed by atoms with Crippen molar-refractivity contribution in [1.82, 2.24) is 4.90 Å². The fourth-order valence-electron chi connectivity index (χ4n) is 2.03. The Bertz CT molecular complexity index is 458. The molecule has 0 saturated carbocycles. The van der Waals surface area contributed by atoms with Gasteiger partial charge in [-0.3, -0.25) is 4.79 Å². The highest BCUT2D eigenvalue weighted by molar-refractivity contribution is 5.78. The van der Waals surface area contributed by atoms with E-state index in [9.17, 15) is 9.59 Å². The van der Waals surface area contributed by atoms with Gasteiger partial charge in [-0.1, -0.05) is 24.3 Å². The number of carboxylic acids is 1. The van der Waals surface area contributed by atoms with Crippen LogP contribution in [0, 0.1) is 0 Å². The van der Waals surface area contributed by atoms with Crippen molar-refractivity contribution in [3.8, 4) is 0 Å². The van der Waals surface area contributed by atoms with E-state index in [1.54, 1.807) is 4.90 Å².